The number of benzene rings is 6. The van der Waals surface area contributed by atoms with Gasteiger partial charge in [0.25, 0.3) is 0 Å². The van der Waals surface area contributed by atoms with Crippen molar-refractivity contribution in [3.63, 3.8) is 0 Å². The number of aromatic nitrogens is 1. The minimum absolute atomic E-state index is 1.12. The zero-order valence-corrected chi connectivity index (χ0v) is 23.3. The molecule has 0 spiro atoms. The Hall–Kier alpha value is -5.28. The SMILES string of the molecule is Cc1ccc(N(c2ccccc2)c2ccc3c(c2)[nH]c2cc(N(c4ccccc4)c4ccc(C)cc4)ccc23)cc1. The number of rotatable bonds is 6. The van der Waals surface area contributed by atoms with E-state index in [-0.39, 0.29) is 0 Å². The predicted molar refractivity (Wildman–Crippen MR) is 175 cm³/mol. The van der Waals surface area contributed by atoms with Crippen molar-refractivity contribution in [2.24, 2.45) is 0 Å². The van der Waals surface area contributed by atoms with Crippen LogP contribution in [0.15, 0.2) is 146 Å². The van der Waals surface area contributed by atoms with Gasteiger partial charge in [-0.25, -0.2) is 0 Å². The zero-order valence-electron chi connectivity index (χ0n) is 23.3. The summed E-state index contributed by atoms with van der Waals surface area (Å²) >= 11 is 0. The Morgan fingerprint density at radius 3 is 1.10 bits per heavy atom. The van der Waals surface area contributed by atoms with Crippen LogP contribution in [0.3, 0.4) is 0 Å². The molecule has 1 aromatic heterocycles. The van der Waals surface area contributed by atoms with E-state index in [0.717, 1.165) is 45.2 Å². The van der Waals surface area contributed by atoms with Gasteiger partial charge in [-0.2, -0.15) is 0 Å². The molecule has 0 fully saturated rings. The van der Waals surface area contributed by atoms with Crippen LogP contribution in [0, 0.1) is 13.8 Å². The monoisotopic (exact) mass is 529 g/mol. The highest BCUT2D eigenvalue weighted by molar-refractivity contribution is 6.09. The molecule has 3 nitrogen and oxygen atoms in total. The van der Waals surface area contributed by atoms with Crippen LogP contribution in [-0.4, -0.2) is 4.98 Å². The van der Waals surface area contributed by atoms with Crippen molar-refractivity contribution in [1.82, 2.24) is 4.98 Å². The van der Waals surface area contributed by atoms with E-state index in [1.54, 1.807) is 0 Å². The van der Waals surface area contributed by atoms with E-state index < -0.39 is 0 Å². The second kappa shape index (κ2) is 10.4. The molecule has 0 saturated carbocycles. The summed E-state index contributed by atoms with van der Waals surface area (Å²) in [5, 5.41) is 2.43. The molecule has 41 heavy (non-hydrogen) atoms. The van der Waals surface area contributed by atoms with Gasteiger partial charge < -0.3 is 14.8 Å². The first-order valence-corrected chi connectivity index (χ1v) is 14.0. The summed E-state index contributed by atoms with van der Waals surface area (Å²) in [5.41, 5.74) is 11.5. The van der Waals surface area contributed by atoms with Crippen LogP contribution in [0.1, 0.15) is 11.1 Å². The van der Waals surface area contributed by atoms with Crippen LogP contribution < -0.4 is 9.80 Å². The number of nitrogens with zero attached hydrogens (tertiary/aromatic N) is 2. The minimum atomic E-state index is 1.12. The van der Waals surface area contributed by atoms with E-state index >= 15 is 0 Å². The third-order valence-electron chi connectivity index (χ3n) is 7.70. The molecule has 7 rings (SSSR count). The van der Waals surface area contributed by atoms with Crippen LogP contribution in [0.5, 0.6) is 0 Å². The molecule has 198 valence electrons. The molecule has 0 bridgehead atoms. The third kappa shape index (κ3) is 4.72. The molecule has 0 aliphatic rings. The van der Waals surface area contributed by atoms with Gasteiger partial charge in [-0.3, -0.25) is 0 Å². The lowest BCUT2D eigenvalue weighted by Crippen LogP contribution is -2.09. The topological polar surface area (TPSA) is 22.3 Å². The maximum atomic E-state index is 3.74. The normalized spacial score (nSPS) is 11.2. The molecule has 0 amide bonds. The lowest BCUT2D eigenvalue weighted by molar-refractivity contribution is 1.28. The third-order valence-corrected chi connectivity index (χ3v) is 7.70. The highest BCUT2D eigenvalue weighted by Crippen LogP contribution is 2.40. The number of hydrogen-bond acceptors (Lipinski definition) is 2. The van der Waals surface area contributed by atoms with E-state index in [1.165, 1.54) is 21.9 Å². The van der Waals surface area contributed by atoms with Gasteiger partial charge in [0, 0.05) is 55.9 Å². The first-order valence-electron chi connectivity index (χ1n) is 14.0. The standard InChI is InChI=1S/C38H31N3/c1-27-13-17-31(18-14-27)40(29-9-5-3-6-10-29)33-21-23-35-36-24-22-34(26-38(36)39-37(35)25-33)41(30-11-7-4-8-12-30)32-19-15-28(2)16-20-32/h3-26,39H,1-2H3. The Morgan fingerprint density at radius 2 is 0.707 bits per heavy atom. The summed E-state index contributed by atoms with van der Waals surface area (Å²) in [6, 6.07) is 52.0. The van der Waals surface area contributed by atoms with Crippen molar-refractivity contribution in [2.75, 3.05) is 9.80 Å². The first-order chi connectivity index (χ1) is 20.1. The summed E-state index contributed by atoms with van der Waals surface area (Å²) < 4.78 is 0. The van der Waals surface area contributed by atoms with Gasteiger partial charge in [0.1, 0.15) is 0 Å². The Labute approximate surface area is 240 Å². The van der Waals surface area contributed by atoms with Gasteiger partial charge in [0.2, 0.25) is 0 Å². The molecule has 0 saturated heterocycles. The molecule has 1 N–H and O–H groups in total. The summed E-state index contributed by atoms with van der Waals surface area (Å²) in [6.07, 6.45) is 0. The van der Waals surface area contributed by atoms with Crippen molar-refractivity contribution in [3.8, 4) is 0 Å². The summed E-state index contributed by atoms with van der Waals surface area (Å²) in [6.45, 7) is 4.25. The number of hydrogen-bond donors (Lipinski definition) is 1. The van der Waals surface area contributed by atoms with Crippen LogP contribution in [0.4, 0.5) is 34.1 Å². The van der Waals surface area contributed by atoms with Crippen LogP contribution in [0.25, 0.3) is 21.8 Å². The minimum Gasteiger partial charge on any atom is -0.354 e. The molecule has 1 heterocycles. The van der Waals surface area contributed by atoms with Gasteiger partial charge in [-0.05, 0) is 86.6 Å². The molecular weight excluding hydrogens is 498 g/mol. The molecule has 3 heteroatoms. The maximum absolute atomic E-state index is 3.74. The summed E-state index contributed by atoms with van der Waals surface area (Å²) in [7, 11) is 0. The van der Waals surface area contributed by atoms with Crippen molar-refractivity contribution in [2.45, 2.75) is 13.8 Å². The van der Waals surface area contributed by atoms with E-state index in [4.69, 9.17) is 0 Å². The Morgan fingerprint density at radius 1 is 0.366 bits per heavy atom. The average Bonchev–Trinajstić information content (AvgIpc) is 3.38. The largest absolute Gasteiger partial charge is 0.354 e. The lowest BCUT2D eigenvalue weighted by Gasteiger charge is -2.25. The molecule has 0 radical (unpaired) electrons. The number of H-pyrrole nitrogens is 1. The van der Waals surface area contributed by atoms with Gasteiger partial charge in [-0.15, -0.1) is 0 Å². The number of anilines is 6. The molecule has 0 atom stereocenters. The van der Waals surface area contributed by atoms with Crippen molar-refractivity contribution in [1.29, 1.82) is 0 Å². The number of aryl methyl sites for hydroxylation is 2. The fourth-order valence-corrected chi connectivity index (χ4v) is 5.60. The summed E-state index contributed by atoms with van der Waals surface area (Å²) in [5.74, 6) is 0. The van der Waals surface area contributed by atoms with Crippen molar-refractivity contribution in [3.05, 3.63) is 157 Å². The smallest absolute Gasteiger partial charge is 0.0485 e. The van der Waals surface area contributed by atoms with Crippen LogP contribution >= 0.6 is 0 Å². The average molecular weight is 530 g/mol. The molecule has 0 unspecified atom stereocenters. The predicted octanol–water partition coefficient (Wildman–Crippen LogP) is 10.9. The zero-order chi connectivity index (χ0) is 27.8. The van der Waals surface area contributed by atoms with E-state index in [1.807, 2.05) is 0 Å². The summed E-state index contributed by atoms with van der Waals surface area (Å²) in [4.78, 5) is 8.36. The molecule has 0 aliphatic carbocycles. The lowest BCUT2D eigenvalue weighted by atomic mass is 10.1. The second-order valence-corrected chi connectivity index (χ2v) is 10.6. The number of para-hydroxylation sites is 2. The van der Waals surface area contributed by atoms with Crippen molar-refractivity contribution >= 4 is 55.9 Å². The van der Waals surface area contributed by atoms with E-state index in [9.17, 15) is 0 Å². The number of nitrogens with one attached hydrogen (secondary N) is 1. The van der Waals surface area contributed by atoms with Gasteiger partial charge >= 0.3 is 0 Å². The molecule has 0 aliphatic heterocycles. The second-order valence-electron chi connectivity index (χ2n) is 10.6. The first kappa shape index (κ1) is 24.7. The van der Waals surface area contributed by atoms with Crippen LogP contribution in [-0.2, 0) is 0 Å². The fourth-order valence-electron chi connectivity index (χ4n) is 5.60. The van der Waals surface area contributed by atoms with E-state index in [2.05, 4.69) is 174 Å². The Kier molecular flexibility index (Phi) is 6.25. The highest BCUT2D eigenvalue weighted by atomic mass is 15.1. The Balaban J connectivity index is 1.34. The number of aromatic amines is 1. The maximum Gasteiger partial charge on any atom is 0.0485 e. The van der Waals surface area contributed by atoms with E-state index in [0.29, 0.717) is 0 Å². The molecule has 7 aromatic rings. The van der Waals surface area contributed by atoms with Gasteiger partial charge in [0.05, 0.1) is 0 Å². The van der Waals surface area contributed by atoms with Gasteiger partial charge in [0.15, 0.2) is 0 Å². The fraction of sp³-hybridized carbons (Fsp3) is 0.0526. The van der Waals surface area contributed by atoms with Crippen molar-refractivity contribution < 1.29 is 0 Å². The molecular formula is C38H31N3. The molecule has 6 aromatic carbocycles. The Bertz CT molecular complexity index is 1790. The number of fused-ring (bicyclic) bond motifs is 3. The van der Waals surface area contributed by atoms with Crippen LogP contribution in [0.2, 0.25) is 0 Å². The highest BCUT2D eigenvalue weighted by Gasteiger charge is 2.16. The quantitative estimate of drug-likeness (QED) is 0.231. The van der Waals surface area contributed by atoms with Gasteiger partial charge in [-0.1, -0.05) is 83.9 Å².